The summed E-state index contributed by atoms with van der Waals surface area (Å²) in [5.41, 5.74) is 11.5. The van der Waals surface area contributed by atoms with Crippen LogP contribution in [-0.2, 0) is 0 Å². The zero-order valence-electron chi connectivity index (χ0n) is 10.8. The summed E-state index contributed by atoms with van der Waals surface area (Å²) in [5.74, 6) is -0.0375. The van der Waals surface area contributed by atoms with Crippen LogP contribution in [0.2, 0.25) is 0 Å². The van der Waals surface area contributed by atoms with Crippen molar-refractivity contribution >= 4 is 27.9 Å². The van der Waals surface area contributed by atoms with Gasteiger partial charge in [-0.25, -0.2) is 0 Å². The van der Waals surface area contributed by atoms with Gasteiger partial charge in [0.25, 0.3) is 5.91 Å². The van der Waals surface area contributed by atoms with Crippen molar-refractivity contribution in [2.45, 2.75) is 6.42 Å². The maximum Gasteiger partial charge on any atom is 0.261 e. The van der Waals surface area contributed by atoms with Crippen molar-refractivity contribution in [1.29, 1.82) is 5.26 Å². The maximum atomic E-state index is 11.2. The second kappa shape index (κ2) is 5.47. The minimum atomic E-state index is -0.590. The normalized spacial score (nSPS) is 19.3. The van der Waals surface area contributed by atoms with E-state index < -0.39 is 5.91 Å². The summed E-state index contributed by atoms with van der Waals surface area (Å²) in [6, 6.07) is 2.03. The topological polar surface area (TPSA) is 108 Å². The van der Waals surface area contributed by atoms with Crippen LogP contribution in [0.25, 0.3) is 0 Å². The summed E-state index contributed by atoms with van der Waals surface area (Å²) in [6.07, 6.45) is 1.13. The Morgan fingerprint density at radius 3 is 2.95 bits per heavy atom. The Kier molecular flexibility index (Phi) is 3.93. The average molecular weight is 279 g/mol. The molecule has 6 nitrogen and oxygen atoms in total. The van der Waals surface area contributed by atoms with E-state index in [1.807, 2.05) is 6.07 Å². The van der Waals surface area contributed by atoms with Crippen LogP contribution >= 0.6 is 11.3 Å². The van der Waals surface area contributed by atoms with Gasteiger partial charge in [-0.15, -0.1) is 11.3 Å². The first-order chi connectivity index (χ1) is 9.02. The minimum Gasteiger partial charge on any atom is -0.396 e. The van der Waals surface area contributed by atoms with Gasteiger partial charge in [-0.3, -0.25) is 4.79 Å². The fourth-order valence-electron chi connectivity index (χ4n) is 2.29. The van der Waals surface area contributed by atoms with Crippen LogP contribution in [0.1, 0.15) is 21.7 Å². The molecule has 7 heteroatoms. The lowest BCUT2D eigenvalue weighted by Crippen LogP contribution is -2.19. The highest BCUT2D eigenvalue weighted by Gasteiger charge is 2.22. The number of hydrogen-bond acceptors (Lipinski definition) is 6. The van der Waals surface area contributed by atoms with Crippen LogP contribution in [-0.4, -0.2) is 37.5 Å². The van der Waals surface area contributed by atoms with Crippen LogP contribution in [0.4, 0.5) is 10.7 Å². The van der Waals surface area contributed by atoms with Crippen LogP contribution in [0.5, 0.6) is 0 Å². The number of thiophene rings is 1. The molecular formula is C12H17N5OS. The van der Waals surface area contributed by atoms with Crippen molar-refractivity contribution in [2.75, 3.05) is 37.7 Å². The third kappa shape index (κ3) is 2.80. The molecule has 0 aromatic carbocycles. The van der Waals surface area contributed by atoms with Crippen molar-refractivity contribution < 1.29 is 4.79 Å². The predicted octanol–water partition coefficient (Wildman–Crippen LogP) is 0.664. The molecule has 2 heterocycles. The molecule has 102 valence electrons. The number of amides is 1. The molecule has 1 aliphatic heterocycles. The first-order valence-electron chi connectivity index (χ1n) is 6.07. The van der Waals surface area contributed by atoms with Gasteiger partial charge in [-0.1, -0.05) is 0 Å². The summed E-state index contributed by atoms with van der Waals surface area (Å²) in [4.78, 5) is 13.7. The van der Waals surface area contributed by atoms with E-state index in [9.17, 15) is 4.79 Å². The number of rotatable bonds is 4. The van der Waals surface area contributed by atoms with E-state index in [1.165, 1.54) is 0 Å². The maximum absolute atomic E-state index is 11.2. The Balaban J connectivity index is 2.10. The lowest BCUT2D eigenvalue weighted by atomic mass is 10.1. The number of nitrogens with one attached hydrogen (secondary N) is 1. The molecule has 0 aliphatic carbocycles. The van der Waals surface area contributed by atoms with E-state index in [0.29, 0.717) is 16.5 Å². The highest BCUT2D eigenvalue weighted by molar-refractivity contribution is 7.18. The largest absolute Gasteiger partial charge is 0.396 e. The standard InChI is InChI=1S/C12H17N5OS/c1-17-3-2-7(6-17)5-16-12-8(4-13)9(14)10(19-12)11(15)18/h7,16H,2-3,5-6,14H2,1H3,(H2,15,18). The minimum absolute atomic E-state index is 0.186. The molecule has 1 saturated heterocycles. The van der Waals surface area contributed by atoms with Crippen molar-refractivity contribution in [3.63, 3.8) is 0 Å². The number of nitrogens with zero attached hydrogens (tertiary/aromatic N) is 2. The average Bonchev–Trinajstić information content (AvgIpc) is 2.90. The number of nitriles is 1. The molecule has 1 atom stereocenters. The number of hydrogen-bond donors (Lipinski definition) is 3. The lowest BCUT2D eigenvalue weighted by molar-refractivity contribution is 0.100. The van der Waals surface area contributed by atoms with Gasteiger partial charge >= 0.3 is 0 Å². The van der Waals surface area contributed by atoms with Crippen LogP contribution in [0.15, 0.2) is 0 Å². The third-order valence-electron chi connectivity index (χ3n) is 3.32. The molecule has 0 saturated carbocycles. The highest BCUT2D eigenvalue weighted by atomic mass is 32.1. The van der Waals surface area contributed by atoms with E-state index in [1.54, 1.807) is 0 Å². The Morgan fingerprint density at radius 2 is 2.42 bits per heavy atom. The Hall–Kier alpha value is -1.78. The summed E-state index contributed by atoms with van der Waals surface area (Å²) in [6.45, 7) is 2.91. The van der Waals surface area contributed by atoms with E-state index in [4.69, 9.17) is 16.7 Å². The number of anilines is 2. The summed E-state index contributed by atoms with van der Waals surface area (Å²) >= 11 is 1.16. The zero-order chi connectivity index (χ0) is 14.0. The molecule has 1 unspecified atom stereocenters. The lowest BCUT2D eigenvalue weighted by Gasteiger charge is -2.11. The fraction of sp³-hybridized carbons (Fsp3) is 0.500. The molecule has 5 N–H and O–H groups in total. The zero-order valence-corrected chi connectivity index (χ0v) is 11.6. The first-order valence-corrected chi connectivity index (χ1v) is 6.89. The van der Waals surface area contributed by atoms with E-state index in [2.05, 4.69) is 17.3 Å². The molecule has 19 heavy (non-hydrogen) atoms. The van der Waals surface area contributed by atoms with Crippen LogP contribution in [0, 0.1) is 17.2 Å². The molecule has 1 aliphatic rings. The smallest absolute Gasteiger partial charge is 0.261 e. The molecule has 0 radical (unpaired) electrons. The van der Waals surface area contributed by atoms with Gasteiger partial charge in [-0.2, -0.15) is 5.26 Å². The number of carbonyl (C=O) groups is 1. The molecular weight excluding hydrogens is 262 g/mol. The number of primary amides is 1. The molecule has 2 rings (SSSR count). The summed E-state index contributed by atoms with van der Waals surface area (Å²) < 4.78 is 0. The molecule has 1 fully saturated rings. The number of nitrogens with two attached hydrogens (primary N) is 2. The monoisotopic (exact) mass is 279 g/mol. The van der Waals surface area contributed by atoms with E-state index in [-0.39, 0.29) is 10.6 Å². The van der Waals surface area contributed by atoms with Crippen LogP contribution in [0.3, 0.4) is 0 Å². The molecule has 1 amide bonds. The van der Waals surface area contributed by atoms with E-state index in [0.717, 1.165) is 37.4 Å². The van der Waals surface area contributed by atoms with Crippen molar-refractivity contribution in [3.8, 4) is 6.07 Å². The molecule has 0 spiro atoms. The van der Waals surface area contributed by atoms with Gasteiger partial charge in [-0.05, 0) is 25.9 Å². The second-order valence-corrected chi connectivity index (χ2v) is 5.84. The van der Waals surface area contributed by atoms with Gasteiger partial charge in [0.1, 0.15) is 21.5 Å². The summed E-state index contributed by atoms with van der Waals surface area (Å²) in [7, 11) is 2.09. The van der Waals surface area contributed by atoms with Gasteiger partial charge in [0.2, 0.25) is 0 Å². The predicted molar refractivity (Wildman–Crippen MR) is 76.1 cm³/mol. The molecule has 1 aromatic heterocycles. The van der Waals surface area contributed by atoms with Gasteiger partial charge in [0.15, 0.2) is 0 Å². The second-order valence-electron chi connectivity index (χ2n) is 4.82. The Morgan fingerprint density at radius 1 is 1.68 bits per heavy atom. The summed E-state index contributed by atoms with van der Waals surface area (Å²) in [5, 5.41) is 13.0. The van der Waals surface area contributed by atoms with Crippen molar-refractivity contribution in [1.82, 2.24) is 4.90 Å². The van der Waals surface area contributed by atoms with Crippen molar-refractivity contribution in [3.05, 3.63) is 10.4 Å². The Bertz CT molecular complexity index is 533. The van der Waals surface area contributed by atoms with Gasteiger partial charge < -0.3 is 21.7 Å². The Labute approximate surface area is 116 Å². The van der Waals surface area contributed by atoms with Gasteiger partial charge in [0, 0.05) is 13.1 Å². The number of nitrogen functional groups attached to an aromatic ring is 1. The first kappa shape index (κ1) is 13.6. The molecule has 1 aromatic rings. The number of carbonyl (C=O) groups excluding carboxylic acids is 1. The van der Waals surface area contributed by atoms with E-state index >= 15 is 0 Å². The molecule has 0 bridgehead atoms. The highest BCUT2D eigenvalue weighted by Crippen LogP contribution is 2.35. The quantitative estimate of drug-likeness (QED) is 0.750. The van der Waals surface area contributed by atoms with Gasteiger partial charge in [0.05, 0.1) is 5.69 Å². The van der Waals surface area contributed by atoms with Crippen LogP contribution < -0.4 is 16.8 Å². The van der Waals surface area contributed by atoms with Crippen molar-refractivity contribution in [2.24, 2.45) is 11.7 Å². The third-order valence-corrected chi connectivity index (χ3v) is 4.50. The fourth-order valence-corrected chi connectivity index (χ4v) is 3.22. The number of likely N-dealkylation sites (tertiary alicyclic amines) is 1. The SMILES string of the molecule is CN1CCC(CNc2sc(C(N)=O)c(N)c2C#N)C1.